The van der Waals surface area contributed by atoms with Crippen molar-refractivity contribution in [3.8, 4) is 11.4 Å². The smallest absolute Gasteiger partial charge is 0.281 e. The van der Waals surface area contributed by atoms with E-state index in [0.29, 0.717) is 15.6 Å². The number of amides is 1. The molecule has 0 unspecified atom stereocenters. The van der Waals surface area contributed by atoms with E-state index >= 15 is 0 Å². The third-order valence-electron chi connectivity index (χ3n) is 4.26. The van der Waals surface area contributed by atoms with Crippen LogP contribution in [-0.4, -0.2) is 44.5 Å². The molecule has 0 aliphatic carbocycles. The van der Waals surface area contributed by atoms with Crippen molar-refractivity contribution in [1.29, 1.82) is 0 Å². The standard InChI is InChI=1S/C21H16FN5O3S2/c1-30-17-11-27(15-9-7-14(22)8-10-15)26-18(17)19(29)23-20-24-25-21(32-20)31-12-16(28)13-5-3-2-4-6-13/h2-11H,12H2,1H3,(H,23,24,29). The summed E-state index contributed by atoms with van der Waals surface area (Å²) in [6.07, 6.45) is 1.53. The molecule has 0 fully saturated rings. The third-order valence-corrected chi connectivity index (χ3v) is 6.23. The number of hydrogen-bond donors (Lipinski definition) is 1. The first kappa shape index (κ1) is 21.7. The number of ketones is 1. The molecule has 1 amide bonds. The van der Waals surface area contributed by atoms with Gasteiger partial charge in [-0.2, -0.15) is 5.10 Å². The van der Waals surface area contributed by atoms with Crippen LogP contribution in [0.4, 0.5) is 9.52 Å². The van der Waals surface area contributed by atoms with Crippen molar-refractivity contribution >= 4 is 39.9 Å². The van der Waals surface area contributed by atoms with Gasteiger partial charge in [-0.05, 0) is 24.3 Å². The number of rotatable bonds is 8. The molecular formula is C21H16FN5O3S2. The van der Waals surface area contributed by atoms with Crippen LogP contribution < -0.4 is 10.1 Å². The molecule has 4 rings (SSSR count). The Balaban J connectivity index is 1.41. The Kier molecular flexibility index (Phi) is 6.57. The zero-order valence-electron chi connectivity index (χ0n) is 16.7. The van der Waals surface area contributed by atoms with Crippen molar-refractivity contribution in [2.24, 2.45) is 0 Å². The number of carbonyl (C=O) groups excluding carboxylic acids is 2. The van der Waals surface area contributed by atoms with Gasteiger partial charge in [-0.25, -0.2) is 9.07 Å². The molecule has 0 spiro atoms. The maximum absolute atomic E-state index is 13.2. The molecular weight excluding hydrogens is 453 g/mol. The fraction of sp³-hybridized carbons (Fsp3) is 0.0952. The summed E-state index contributed by atoms with van der Waals surface area (Å²) in [6.45, 7) is 0. The number of nitrogens with one attached hydrogen (secondary N) is 1. The van der Waals surface area contributed by atoms with Crippen molar-refractivity contribution in [3.63, 3.8) is 0 Å². The van der Waals surface area contributed by atoms with E-state index in [2.05, 4.69) is 20.6 Å². The zero-order chi connectivity index (χ0) is 22.5. The highest BCUT2D eigenvalue weighted by molar-refractivity contribution is 8.01. The number of ether oxygens (including phenoxy) is 1. The topological polar surface area (TPSA) is 99.0 Å². The van der Waals surface area contributed by atoms with Crippen LogP contribution in [0.3, 0.4) is 0 Å². The first-order chi connectivity index (χ1) is 15.5. The van der Waals surface area contributed by atoms with Crippen LogP contribution in [0.2, 0.25) is 0 Å². The first-order valence-electron chi connectivity index (χ1n) is 9.29. The van der Waals surface area contributed by atoms with Gasteiger partial charge >= 0.3 is 0 Å². The second-order valence-electron chi connectivity index (χ2n) is 6.37. The van der Waals surface area contributed by atoms with Gasteiger partial charge in [-0.1, -0.05) is 53.4 Å². The predicted octanol–water partition coefficient (Wildman–Crippen LogP) is 4.10. The van der Waals surface area contributed by atoms with Crippen molar-refractivity contribution in [1.82, 2.24) is 20.0 Å². The highest BCUT2D eigenvalue weighted by atomic mass is 32.2. The van der Waals surface area contributed by atoms with Crippen LogP contribution in [0.25, 0.3) is 5.69 Å². The third kappa shape index (κ3) is 5.01. The number of Topliss-reactive ketones (excluding diaryl/α,β-unsaturated/α-hetero) is 1. The molecule has 0 atom stereocenters. The number of carbonyl (C=O) groups is 2. The number of thioether (sulfide) groups is 1. The fourth-order valence-corrected chi connectivity index (χ4v) is 4.34. The molecule has 2 aromatic heterocycles. The van der Waals surface area contributed by atoms with Gasteiger partial charge in [-0.15, -0.1) is 10.2 Å². The van der Waals surface area contributed by atoms with Crippen molar-refractivity contribution < 1.29 is 18.7 Å². The summed E-state index contributed by atoms with van der Waals surface area (Å²) in [5.74, 6) is -0.466. The molecule has 8 nitrogen and oxygen atoms in total. The normalized spacial score (nSPS) is 10.7. The second kappa shape index (κ2) is 9.71. The van der Waals surface area contributed by atoms with E-state index in [9.17, 15) is 14.0 Å². The Morgan fingerprint density at radius 2 is 1.88 bits per heavy atom. The number of aromatic nitrogens is 4. The average molecular weight is 470 g/mol. The Bertz CT molecular complexity index is 1240. The van der Waals surface area contributed by atoms with E-state index in [0.717, 1.165) is 11.3 Å². The monoisotopic (exact) mass is 469 g/mol. The SMILES string of the molecule is COc1cn(-c2ccc(F)cc2)nc1C(=O)Nc1nnc(SCC(=O)c2ccccc2)s1. The summed E-state index contributed by atoms with van der Waals surface area (Å²) in [5, 5.41) is 15.1. The van der Waals surface area contributed by atoms with E-state index in [4.69, 9.17) is 4.74 Å². The summed E-state index contributed by atoms with van der Waals surface area (Å²) >= 11 is 2.40. The predicted molar refractivity (Wildman–Crippen MR) is 119 cm³/mol. The molecule has 0 bridgehead atoms. The zero-order valence-corrected chi connectivity index (χ0v) is 18.3. The maximum atomic E-state index is 13.2. The lowest BCUT2D eigenvalue weighted by Crippen LogP contribution is -2.14. The number of anilines is 1. The van der Waals surface area contributed by atoms with Gasteiger partial charge < -0.3 is 4.74 Å². The van der Waals surface area contributed by atoms with Crippen molar-refractivity contribution in [3.05, 3.63) is 77.9 Å². The molecule has 4 aromatic rings. The van der Waals surface area contributed by atoms with Crippen molar-refractivity contribution in [2.75, 3.05) is 18.2 Å². The molecule has 11 heteroatoms. The van der Waals surface area contributed by atoms with Gasteiger partial charge in [0.25, 0.3) is 5.91 Å². The van der Waals surface area contributed by atoms with Gasteiger partial charge in [0.2, 0.25) is 5.13 Å². The molecule has 0 radical (unpaired) electrons. The molecule has 0 saturated heterocycles. The van der Waals surface area contributed by atoms with Gasteiger partial charge in [0.05, 0.1) is 24.7 Å². The quantitative estimate of drug-likeness (QED) is 0.236. The minimum absolute atomic E-state index is 0.0209. The van der Waals surface area contributed by atoms with Gasteiger partial charge in [-0.3, -0.25) is 14.9 Å². The van der Waals surface area contributed by atoms with E-state index < -0.39 is 5.91 Å². The lowest BCUT2D eigenvalue weighted by atomic mass is 10.2. The molecule has 0 aliphatic heterocycles. The van der Waals surface area contributed by atoms with Crippen LogP contribution in [0.1, 0.15) is 20.8 Å². The number of hydrogen-bond acceptors (Lipinski definition) is 8. The van der Waals surface area contributed by atoms with Crippen LogP contribution in [0, 0.1) is 5.82 Å². The Hall–Kier alpha value is -3.57. The molecule has 162 valence electrons. The van der Waals surface area contributed by atoms with Crippen LogP contribution in [0.5, 0.6) is 5.75 Å². The van der Waals surface area contributed by atoms with Gasteiger partial charge in [0, 0.05) is 5.56 Å². The van der Waals surface area contributed by atoms with Crippen molar-refractivity contribution in [2.45, 2.75) is 4.34 Å². The minimum Gasteiger partial charge on any atom is -0.493 e. The molecule has 0 saturated carbocycles. The lowest BCUT2D eigenvalue weighted by Gasteiger charge is -2.00. The van der Waals surface area contributed by atoms with Crippen LogP contribution >= 0.6 is 23.1 Å². The van der Waals surface area contributed by atoms with E-state index in [1.807, 2.05) is 18.2 Å². The molecule has 2 aromatic carbocycles. The van der Waals surface area contributed by atoms with Crippen LogP contribution in [0.15, 0.2) is 65.1 Å². The largest absolute Gasteiger partial charge is 0.493 e. The van der Waals surface area contributed by atoms with Gasteiger partial charge in [0.15, 0.2) is 21.6 Å². The maximum Gasteiger partial charge on any atom is 0.281 e. The molecule has 1 N–H and O–H groups in total. The number of halogens is 1. The molecule has 2 heterocycles. The molecule has 32 heavy (non-hydrogen) atoms. The summed E-state index contributed by atoms with van der Waals surface area (Å²) in [6, 6.07) is 14.6. The number of nitrogens with zero attached hydrogens (tertiary/aromatic N) is 4. The summed E-state index contributed by atoms with van der Waals surface area (Å²) in [4.78, 5) is 24.9. The van der Waals surface area contributed by atoms with Gasteiger partial charge in [0.1, 0.15) is 5.82 Å². The minimum atomic E-state index is -0.532. The summed E-state index contributed by atoms with van der Waals surface area (Å²) < 4.78 is 20.4. The second-order valence-corrected chi connectivity index (χ2v) is 8.57. The fourth-order valence-electron chi connectivity index (χ4n) is 2.70. The average Bonchev–Trinajstić information content (AvgIpc) is 3.45. The number of methoxy groups -OCH3 is 1. The highest BCUT2D eigenvalue weighted by Crippen LogP contribution is 2.27. The van der Waals surface area contributed by atoms with E-state index in [-0.39, 0.29) is 33.9 Å². The Labute approximate surface area is 190 Å². The Morgan fingerprint density at radius 3 is 2.59 bits per heavy atom. The summed E-state index contributed by atoms with van der Waals surface area (Å²) in [5.41, 5.74) is 1.24. The number of benzene rings is 2. The highest BCUT2D eigenvalue weighted by Gasteiger charge is 2.20. The summed E-state index contributed by atoms with van der Waals surface area (Å²) in [7, 11) is 1.42. The molecule has 0 aliphatic rings. The van der Waals surface area contributed by atoms with E-state index in [1.165, 1.54) is 54.0 Å². The Morgan fingerprint density at radius 1 is 1.12 bits per heavy atom. The van der Waals surface area contributed by atoms with Crippen LogP contribution in [-0.2, 0) is 0 Å². The first-order valence-corrected chi connectivity index (χ1v) is 11.1. The van der Waals surface area contributed by atoms with E-state index in [1.54, 1.807) is 12.1 Å². The lowest BCUT2D eigenvalue weighted by molar-refractivity contribution is 0.101.